The zero-order chi connectivity index (χ0) is 27.3. The lowest BCUT2D eigenvalue weighted by molar-refractivity contribution is -0.0348. The lowest BCUT2D eigenvalue weighted by atomic mass is 9.61. The number of fused-ring (bicyclic) bond motifs is 1. The average molecular weight is 546 g/mol. The molecule has 1 spiro atoms. The van der Waals surface area contributed by atoms with E-state index in [9.17, 15) is 9.18 Å². The quantitative estimate of drug-likeness (QED) is 0.499. The molecule has 10 heteroatoms. The molecule has 3 aliphatic heterocycles. The van der Waals surface area contributed by atoms with Gasteiger partial charge in [-0.15, -0.1) is 0 Å². The van der Waals surface area contributed by atoms with E-state index in [2.05, 4.69) is 38.4 Å². The van der Waals surface area contributed by atoms with Gasteiger partial charge in [0.05, 0.1) is 31.0 Å². The molecule has 40 heavy (non-hydrogen) atoms. The fourth-order valence-corrected chi connectivity index (χ4v) is 6.43. The van der Waals surface area contributed by atoms with Crippen LogP contribution in [0.2, 0.25) is 0 Å². The maximum Gasteiger partial charge on any atom is 0.258 e. The number of aromatic nitrogens is 2. The maximum absolute atomic E-state index is 14.2. The number of halogens is 1. The Hall–Kier alpha value is -3.76. The molecule has 7 rings (SSSR count). The minimum absolute atomic E-state index is 0.111. The molecule has 4 aliphatic rings. The molecular weight excluding hydrogens is 513 g/mol. The van der Waals surface area contributed by atoms with E-state index in [4.69, 9.17) is 14.2 Å². The smallest absolute Gasteiger partial charge is 0.258 e. The first kappa shape index (κ1) is 25.2. The van der Waals surface area contributed by atoms with Crippen molar-refractivity contribution in [2.24, 2.45) is 5.41 Å². The molecule has 1 N–H and O–H groups in total. The van der Waals surface area contributed by atoms with E-state index in [-0.39, 0.29) is 34.8 Å². The van der Waals surface area contributed by atoms with Crippen molar-refractivity contribution in [2.75, 3.05) is 37.7 Å². The van der Waals surface area contributed by atoms with E-state index < -0.39 is 5.82 Å². The summed E-state index contributed by atoms with van der Waals surface area (Å²) >= 11 is 0. The first-order valence-corrected chi connectivity index (χ1v) is 13.9. The highest BCUT2D eigenvalue weighted by Gasteiger charge is 2.54. The van der Waals surface area contributed by atoms with Crippen molar-refractivity contribution in [3.63, 3.8) is 0 Å². The van der Waals surface area contributed by atoms with Crippen molar-refractivity contribution in [1.29, 1.82) is 0 Å². The molecule has 1 atom stereocenters. The summed E-state index contributed by atoms with van der Waals surface area (Å²) in [7, 11) is 0. The first-order chi connectivity index (χ1) is 19.5. The van der Waals surface area contributed by atoms with Crippen molar-refractivity contribution in [1.82, 2.24) is 20.2 Å². The van der Waals surface area contributed by atoms with Gasteiger partial charge in [0.1, 0.15) is 29.7 Å². The van der Waals surface area contributed by atoms with Crippen LogP contribution in [0.1, 0.15) is 41.3 Å². The predicted molar refractivity (Wildman–Crippen MR) is 145 cm³/mol. The molecule has 0 bridgehead atoms. The van der Waals surface area contributed by atoms with Crippen LogP contribution in [0.15, 0.2) is 48.9 Å². The fourth-order valence-electron chi connectivity index (χ4n) is 6.43. The van der Waals surface area contributed by atoms with Gasteiger partial charge in [0, 0.05) is 43.7 Å². The van der Waals surface area contributed by atoms with Gasteiger partial charge in [-0.2, -0.15) is 0 Å². The van der Waals surface area contributed by atoms with Crippen LogP contribution in [0.25, 0.3) is 0 Å². The number of hydrogen-bond donors (Lipinski definition) is 1. The third kappa shape index (κ3) is 4.54. The summed E-state index contributed by atoms with van der Waals surface area (Å²) in [6.07, 6.45) is 5.30. The fraction of sp³-hybridized carbons (Fsp3) is 0.433. The lowest BCUT2D eigenvalue weighted by Crippen LogP contribution is -2.65. The number of morpholine rings is 1. The Bertz CT molecular complexity index is 1440. The Morgan fingerprint density at radius 2 is 2.02 bits per heavy atom. The molecule has 1 aromatic heterocycles. The minimum atomic E-state index is -0.496. The van der Waals surface area contributed by atoms with Gasteiger partial charge < -0.3 is 29.3 Å². The van der Waals surface area contributed by atoms with Crippen molar-refractivity contribution < 1.29 is 23.4 Å². The van der Waals surface area contributed by atoms with Gasteiger partial charge >= 0.3 is 0 Å². The predicted octanol–water partition coefficient (Wildman–Crippen LogP) is 3.92. The van der Waals surface area contributed by atoms with Crippen LogP contribution < -0.4 is 19.7 Å². The second-order valence-electron chi connectivity index (χ2n) is 11.4. The molecule has 1 aliphatic carbocycles. The number of anilines is 1. The highest BCUT2D eigenvalue weighted by atomic mass is 19.1. The van der Waals surface area contributed by atoms with Gasteiger partial charge in [-0.1, -0.05) is 12.1 Å². The summed E-state index contributed by atoms with van der Waals surface area (Å²) in [6, 6.07) is 10.2. The summed E-state index contributed by atoms with van der Waals surface area (Å²) in [5.41, 5.74) is 2.98. The number of hydrogen-bond acceptors (Lipinski definition) is 8. The lowest BCUT2D eigenvalue weighted by Gasteiger charge is -2.59. The molecule has 2 aromatic carbocycles. The molecule has 9 nitrogen and oxygen atoms in total. The molecule has 4 heterocycles. The highest BCUT2D eigenvalue weighted by molar-refractivity contribution is 5.97. The van der Waals surface area contributed by atoms with Gasteiger partial charge in [0.15, 0.2) is 11.6 Å². The van der Waals surface area contributed by atoms with Crippen LogP contribution in [-0.2, 0) is 17.8 Å². The average Bonchev–Trinajstić information content (AvgIpc) is 3.41. The minimum Gasteiger partial charge on any atom is -0.490 e. The summed E-state index contributed by atoms with van der Waals surface area (Å²) in [4.78, 5) is 25.9. The summed E-state index contributed by atoms with van der Waals surface area (Å²) in [5, 5.41) is 3.40. The van der Waals surface area contributed by atoms with E-state index >= 15 is 0 Å². The number of rotatable bonds is 6. The van der Waals surface area contributed by atoms with Gasteiger partial charge in [0.25, 0.3) is 5.91 Å². The number of carbonyl (C=O) groups excluding carboxylic acids is 1. The molecular formula is C30H32FN5O4. The SMILES string of the molecule is C[C@@H]1COCCN1C(=O)c1cc(F)ccc1Oc1cncnc1N1CC2(CC(Oc3cccc4c3CNC4)C2)C1. The second kappa shape index (κ2) is 10.0. The first-order valence-electron chi connectivity index (χ1n) is 13.9. The van der Waals surface area contributed by atoms with Crippen molar-refractivity contribution in [3.8, 4) is 17.2 Å². The molecule has 1 saturated carbocycles. The van der Waals surface area contributed by atoms with Crippen LogP contribution in [-0.4, -0.2) is 65.8 Å². The van der Waals surface area contributed by atoms with Crippen molar-refractivity contribution in [3.05, 3.63) is 71.4 Å². The third-order valence-corrected chi connectivity index (χ3v) is 8.49. The number of ether oxygens (including phenoxy) is 3. The zero-order valence-electron chi connectivity index (χ0n) is 22.4. The Morgan fingerprint density at radius 3 is 2.88 bits per heavy atom. The van der Waals surface area contributed by atoms with E-state index in [1.807, 2.05) is 6.92 Å². The molecule has 0 unspecified atom stereocenters. The van der Waals surface area contributed by atoms with Crippen molar-refractivity contribution in [2.45, 2.75) is 45.0 Å². The zero-order valence-corrected chi connectivity index (χ0v) is 22.4. The normalized spacial score (nSPS) is 21.5. The molecule has 208 valence electrons. The summed E-state index contributed by atoms with van der Waals surface area (Å²) < 4.78 is 32.3. The van der Waals surface area contributed by atoms with Crippen LogP contribution in [0.3, 0.4) is 0 Å². The second-order valence-corrected chi connectivity index (χ2v) is 11.4. The largest absolute Gasteiger partial charge is 0.490 e. The molecule has 3 aromatic rings. The van der Waals surface area contributed by atoms with Crippen LogP contribution in [0.5, 0.6) is 17.2 Å². The van der Waals surface area contributed by atoms with Gasteiger partial charge in [-0.25, -0.2) is 14.4 Å². The number of carbonyl (C=O) groups is 1. The van der Waals surface area contributed by atoms with E-state index in [0.29, 0.717) is 31.3 Å². The Labute approximate surface area is 232 Å². The van der Waals surface area contributed by atoms with Gasteiger partial charge in [-0.3, -0.25) is 4.79 Å². The Morgan fingerprint density at radius 1 is 1.15 bits per heavy atom. The standard InChI is InChI=1S/C30H32FN5O4/c1-19-15-38-8-7-36(19)29(37)23-9-21(31)5-6-26(23)40-27-14-33-18-34-28(27)35-16-30(17-35)10-22(11-30)39-25-4-2-3-20-12-32-13-24(20)25/h2-6,9,14,18-19,22,32H,7-8,10-13,15-17H2,1H3/t19-/m1/s1. The van der Waals surface area contributed by atoms with E-state index in [1.165, 1.54) is 35.7 Å². The topological polar surface area (TPSA) is 89.0 Å². The summed E-state index contributed by atoms with van der Waals surface area (Å²) in [5.74, 6) is 1.60. The van der Waals surface area contributed by atoms with Gasteiger partial charge in [-0.05, 0) is 49.6 Å². The molecule has 0 radical (unpaired) electrons. The number of nitrogens with zero attached hydrogens (tertiary/aromatic N) is 4. The summed E-state index contributed by atoms with van der Waals surface area (Å²) in [6.45, 7) is 6.70. The Balaban J connectivity index is 1.03. The van der Waals surface area contributed by atoms with E-state index in [1.54, 1.807) is 11.1 Å². The van der Waals surface area contributed by atoms with Crippen LogP contribution >= 0.6 is 0 Å². The maximum atomic E-state index is 14.2. The van der Waals surface area contributed by atoms with Crippen LogP contribution in [0, 0.1) is 11.2 Å². The van der Waals surface area contributed by atoms with Crippen LogP contribution in [0.4, 0.5) is 10.2 Å². The number of amides is 1. The van der Waals surface area contributed by atoms with Crippen molar-refractivity contribution >= 4 is 11.7 Å². The monoisotopic (exact) mass is 545 g/mol. The Kier molecular flexibility index (Phi) is 6.31. The molecule has 1 amide bonds. The van der Waals surface area contributed by atoms with E-state index in [0.717, 1.165) is 44.8 Å². The highest BCUT2D eigenvalue weighted by Crippen LogP contribution is 2.52. The van der Waals surface area contributed by atoms with Gasteiger partial charge in [0.2, 0.25) is 0 Å². The molecule has 2 saturated heterocycles. The number of nitrogens with one attached hydrogen (secondary N) is 1. The molecule has 3 fully saturated rings. The number of benzene rings is 2. The third-order valence-electron chi connectivity index (χ3n) is 8.49.